The summed E-state index contributed by atoms with van der Waals surface area (Å²) in [7, 11) is 0. The second-order valence-corrected chi connectivity index (χ2v) is 20.6. The van der Waals surface area contributed by atoms with Gasteiger partial charge < -0.3 is 9.64 Å². The summed E-state index contributed by atoms with van der Waals surface area (Å²) in [6.07, 6.45) is 0. The first-order valence-corrected chi connectivity index (χ1v) is 24.8. The van der Waals surface area contributed by atoms with E-state index in [-0.39, 0.29) is 5.41 Å². The Hall–Kier alpha value is -8.24. The normalized spacial score (nSPS) is 14.3. The Morgan fingerprint density at radius 1 is 0.348 bits per heavy atom. The molecule has 0 unspecified atom stereocenters. The van der Waals surface area contributed by atoms with E-state index < -0.39 is 5.41 Å². The monoisotopic (exact) mass is 897 g/mol. The Kier molecular flexibility index (Phi) is 7.96. The predicted octanol–water partition coefficient (Wildman–Crippen LogP) is 18.3. The number of benzene rings is 11. The van der Waals surface area contributed by atoms with Crippen LogP contribution in [-0.2, 0) is 10.8 Å². The summed E-state index contributed by atoms with van der Waals surface area (Å²) in [5.74, 6) is 1.87. The molecule has 1 spiro atoms. The summed E-state index contributed by atoms with van der Waals surface area (Å²) in [6, 6.07) is 83.7. The van der Waals surface area contributed by atoms with Gasteiger partial charge in [-0.3, -0.25) is 0 Å². The van der Waals surface area contributed by atoms with Crippen molar-refractivity contribution in [3.05, 3.63) is 258 Å². The molecule has 15 rings (SSSR count). The maximum absolute atomic E-state index is 7.19. The number of hydrogen-bond acceptors (Lipinski definition) is 3. The van der Waals surface area contributed by atoms with E-state index in [9.17, 15) is 0 Å². The molecule has 11 aromatic carbocycles. The zero-order valence-corrected chi connectivity index (χ0v) is 38.9. The van der Waals surface area contributed by atoms with Crippen LogP contribution in [-0.4, -0.2) is 0 Å². The molecule has 324 valence electrons. The summed E-state index contributed by atoms with van der Waals surface area (Å²) in [6.45, 7) is 4.73. The van der Waals surface area contributed by atoms with Crippen LogP contribution in [0.15, 0.2) is 224 Å². The van der Waals surface area contributed by atoms with Gasteiger partial charge in [0.05, 0.1) is 5.41 Å². The van der Waals surface area contributed by atoms with Crippen molar-refractivity contribution in [3.8, 4) is 44.9 Å². The summed E-state index contributed by atoms with van der Waals surface area (Å²) in [5, 5.41) is 7.18. The van der Waals surface area contributed by atoms with Gasteiger partial charge in [-0.05, 0) is 121 Å². The number of nitrogens with zero attached hydrogens (tertiary/aromatic N) is 1. The van der Waals surface area contributed by atoms with Crippen LogP contribution in [0.3, 0.4) is 0 Å². The van der Waals surface area contributed by atoms with E-state index >= 15 is 0 Å². The van der Waals surface area contributed by atoms with E-state index in [4.69, 9.17) is 4.74 Å². The molecule has 0 atom stereocenters. The molecule has 0 amide bonds. The SMILES string of the molecule is CC1(C)c2ccccc2-c2ccc(N(c3ccc(-c4ccc5c(c4)-c4ccccc4C54c5ccc6ccccc6c5Oc5c4ccc4ccccc54)cc3)c3ccc4sc5ccccc5c4c3)cc21. The Bertz CT molecular complexity index is 4070. The lowest BCUT2D eigenvalue weighted by molar-refractivity contribution is 0.447. The lowest BCUT2D eigenvalue weighted by Crippen LogP contribution is -2.32. The molecule has 12 aromatic rings. The van der Waals surface area contributed by atoms with Crippen molar-refractivity contribution >= 4 is 70.1 Å². The standard InChI is InChI=1S/C66H43NOS/c1-65(2)55-20-10-7-17-49(55)51-32-30-46(39-60(51)65)67(45-31-36-62-54(38-45)52-19-9-12-22-61(52)69-62)44-28-23-40(24-29-44)43-27-33-57-53(37-43)50-18-8-11-21-56(50)66(57)58-34-25-41-13-3-5-15-47(41)63(58)68-64-48-16-6-4-14-42(48)26-35-59(64)66/h3-39H,1-2H3. The van der Waals surface area contributed by atoms with Crippen LogP contribution >= 0.6 is 11.3 Å². The highest BCUT2D eigenvalue weighted by molar-refractivity contribution is 7.25. The van der Waals surface area contributed by atoms with Crippen LogP contribution < -0.4 is 9.64 Å². The average Bonchev–Trinajstić information content (AvgIpc) is 4.00. The summed E-state index contributed by atoms with van der Waals surface area (Å²) >= 11 is 1.86. The van der Waals surface area contributed by atoms with E-state index in [2.05, 4.69) is 243 Å². The third-order valence-corrected chi connectivity index (χ3v) is 16.9. The molecule has 0 fully saturated rings. The third-order valence-electron chi connectivity index (χ3n) is 15.7. The molecular formula is C66H43NOS. The van der Waals surface area contributed by atoms with Crippen LogP contribution in [0.4, 0.5) is 17.1 Å². The highest BCUT2D eigenvalue weighted by Gasteiger charge is 2.52. The number of hydrogen-bond donors (Lipinski definition) is 0. The second kappa shape index (κ2) is 14.1. The molecule has 3 heteroatoms. The van der Waals surface area contributed by atoms with Crippen LogP contribution in [0.1, 0.15) is 47.2 Å². The van der Waals surface area contributed by atoms with Crippen molar-refractivity contribution in [2.24, 2.45) is 0 Å². The average molecular weight is 898 g/mol. The third kappa shape index (κ3) is 5.31. The molecule has 2 nitrogen and oxygen atoms in total. The van der Waals surface area contributed by atoms with Crippen LogP contribution in [0.5, 0.6) is 11.5 Å². The van der Waals surface area contributed by atoms with Gasteiger partial charge in [0.15, 0.2) is 0 Å². The molecule has 1 aliphatic heterocycles. The Morgan fingerprint density at radius 2 is 0.870 bits per heavy atom. The molecular weight excluding hydrogens is 855 g/mol. The summed E-state index contributed by atoms with van der Waals surface area (Å²) in [4.78, 5) is 2.45. The lowest BCUT2D eigenvalue weighted by Gasteiger charge is -2.40. The van der Waals surface area contributed by atoms with E-state index in [1.54, 1.807) is 0 Å². The fourth-order valence-corrected chi connectivity index (χ4v) is 13.6. The van der Waals surface area contributed by atoms with Crippen molar-refractivity contribution in [3.63, 3.8) is 0 Å². The summed E-state index contributed by atoms with van der Waals surface area (Å²) in [5.41, 5.74) is 17.9. The van der Waals surface area contributed by atoms with Gasteiger partial charge in [0.2, 0.25) is 0 Å². The van der Waals surface area contributed by atoms with Gasteiger partial charge in [0.1, 0.15) is 11.5 Å². The summed E-state index contributed by atoms with van der Waals surface area (Å²) < 4.78 is 9.80. The number of thiophene rings is 1. The zero-order valence-electron chi connectivity index (χ0n) is 38.1. The molecule has 3 aliphatic rings. The largest absolute Gasteiger partial charge is 0.455 e. The second-order valence-electron chi connectivity index (χ2n) is 19.5. The molecule has 0 bridgehead atoms. The topological polar surface area (TPSA) is 12.5 Å². The molecule has 0 saturated heterocycles. The Balaban J connectivity index is 0.891. The van der Waals surface area contributed by atoms with E-state index in [0.29, 0.717) is 0 Å². The van der Waals surface area contributed by atoms with Gasteiger partial charge in [-0.1, -0.05) is 184 Å². The number of fused-ring (bicyclic) bond motifs is 19. The van der Waals surface area contributed by atoms with E-state index in [1.807, 2.05) is 11.3 Å². The van der Waals surface area contributed by atoms with Crippen molar-refractivity contribution in [2.75, 3.05) is 4.90 Å². The van der Waals surface area contributed by atoms with Crippen LogP contribution in [0, 0.1) is 0 Å². The fraction of sp³-hybridized carbons (Fsp3) is 0.0606. The van der Waals surface area contributed by atoms with Crippen LogP contribution in [0.25, 0.3) is 75.1 Å². The predicted molar refractivity (Wildman–Crippen MR) is 289 cm³/mol. The first-order chi connectivity index (χ1) is 33.9. The smallest absolute Gasteiger partial charge is 0.140 e. The molecule has 2 heterocycles. The molecule has 2 aliphatic carbocycles. The maximum Gasteiger partial charge on any atom is 0.140 e. The van der Waals surface area contributed by atoms with Gasteiger partial charge in [0.25, 0.3) is 0 Å². The maximum atomic E-state index is 7.19. The molecule has 69 heavy (non-hydrogen) atoms. The van der Waals surface area contributed by atoms with Crippen molar-refractivity contribution in [1.29, 1.82) is 0 Å². The Labute approximate surface area is 405 Å². The van der Waals surface area contributed by atoms with E-state index in [1.165, 1.54) is 97.7 Å². The quantitative estimate of drug-likeness (QED) is 0.175. The van der Waals surface area contributed by atoms with E-state index in [0.717, 1.165) is 39.3 Å². The number of ether oxygens (including phenoxy) is 1. The van der Waals surface area contributed by atoms with Crippen molar-refractivity contribution < 1.29 is 4.74 Å². The van der Waals surface area contributed by atoms with Gasteiger partial charge in [-0.15, -0.1) is 11.3 Å². The number of anilines is 3. The van der Waals surface area contributed by atoms with Gasteiger partial charge >= 0.3 is 0 Å². The van der Waals surface area contributed by atoms with Crippen molar-refractivity contribution in [1.82, 2.24) is 0 Å². The zero-order chi connectivity index (χ0) is 45.6. The minimum atomic E-state index is -0.577. The van der Waals surface area contributed by atoms with Gasteiger partial charge in [0, 0.05) is 64.5 Å². The first kappa shape index (κ1) is 38.8. The first-order valence-electron chi connectivity index (χ1n) is 24.0. The minimum absolute atomic E-state index is 0.119. The molecule has 0 N–H and O–H groups in total. The molecule has 0 saturated carbocycles. The highest BCUT2D eigenvalue weighted by Crippen LogP contribution is 2.64. The van der Waals surface area contributed by atoms with Crippen LogP contribution in [0.2, 0.25) is 0 Å². The molecule has 0 radical (unpaired) electrons. The number of rotatable bonds is 4. The van der Waals surface area contributed by atoms with Gasteiger partial charge in [-0.25, -0.2) is 0 Å². The highest BCUT2D eigenvalue weighted by atomic mass is 32.1. The fourth-order valence-electron chi connectivity index (χ4n) is 12.5. The Morgan fingerprint density at radius 3 is 1.61 bits per heavy atom. The lowest BCUT2D eigenvalue weighted by atomic mass is 9.65. The van der Waals surface area contributed by atoms with Gasteiger partial charge in [-0.2, -0.15) is 0 Å². The minimum Gasteiger partial charge on any atom is -0.455 e. The molecule has 1 aromatic heterocycles. The van der Waals surface area contributed by atoms with Crippen molar-refractivity contribution in [2.45, 2.75) is 24.7 Å².